The molecule has 0 aromatic heterocycles. The van der Waals surface area contributed by atoms with Gasteiger partial charge in [0.15, 0.2) is 11.6 Å². The van der Waals surface area contributed by atoms with Gasteiger partial charge in [-0.15, -0.1) is 0 Å². The Morgan fingerprint density at radius 3 is 2.12 bits per heavy atom. The topological polar surface area (TPSA) is 90.0 Å². The minimum absolute atomic E-state index is 0.0114. The van der Waals surface area contributed by atoms with Crippen molar-refractivity contribution in [3.8, 4) is 0 Å². The minimum Gasteiger partial charge on any atom is -0.475 e. The molecule has 1 aromatic carbocycles. The molecular weight excluding hydrogens is 453 g/mol. The number of piperazine rings is 1. The van der Waals surface area contributed by atoms with E-state index in [-0.39, 0.29) is 24.1 Å². The lowest BCUT2D eigenvalue weighted by molar-refractivity contribution is -0.192. The van der Waals surface area contributed by atoms with E-state index in [4.69, 9.17) is 9.90 Å². The quantitative estimate of drug-likeness (QED) is 0.649. The summed E-state index contributed by atoms with van der Waals surface area (Å²) in [6.45, 7) is 2.72. The zero-order chi connectivity index (χ0) is 24.6. The van der Waals surface area contributed by atoms with Crippen LogP contribution in [0.15, 0.2) is 18.2 Å². The molecule has 1 saturated carbocycles. The zero-order valence-corrected chi connectivity index (χ0v) is 17.8. The van der Waals surface area contributed by atoms with Gasteiger partial charge in [-0.05, 0) is 31.0 Å². The number of nitrogens with zero attached hydrogens (tertiary/aromatic N) is 2. The monoisotopic (exact) mass is 479 g/mol. The molecule has 1 aliphatic heterocycles. The molecule has 1 aliphatic carbocycles. The normalized spacial score (nSPS) is 17.1. The van der Waals surface area contributed by atoms with Crippen LogP contribution in [-0.2, 0) is 9.59 Å². The summed E-state index contributed by atoms with van der Waals surface area (Å²) in [5, 5.41) is 10.3. The number of nitrogens with one attached hydrogen (secondary N) is 1. The lowest BCUT2D eigenvalue weighted by Crippen LogP contribution is -2.52. The molecule has 2 aliphatic rings. The average molecular weight is 479 g/mol. The van der Waals surface area contributed by atoms with Crippen molar-refractivity contribution in [1.82, 2.24) is 15.1 Å². The highest BCUT2D eigenvalue weighted by Gasteiger charge is 2.38. The molecule has 12 heteroatoms. The summed E-state index contributed by atoms with van der Waals surface area (Å²) >= 11 is 0. The molecule has 3 rings (SSSR count). The van der Waals surface area contributed by atoms with Crippen LogP contribution in [0.25, 0.3) is 0 Å². The van der Waals surface area contributed by atoms with Crippen LogP contribution in [0.5, 0.6) is 0 Å². The molecule has 2 amide bonds. The highest BCUT2D eigenvalue weighted by molar-refractivity contribution is 5.96. The number of carboxylic acid groups (broad SMARTS) is 1. The third-order valence-electron chi connectivity index (χ3n) is 5.46. The van der Waals surface area contributed by atoms with Crippen LogP contribution in [0.2, 0.25) is 0 Å². The van der Waals surface area contributed by atoms with E-state index < -0.39 is 29.7 Å². The van der Waals surface area contributed by atoms with Crippen LogP contribution in [0.1, 0.15) is 42.5 Å². The maximum atomic E-state index is 13.6. The number of hydrogen-bond acceptors (Lipinski definition) is 4. The van der Waals surface area contributed by atoms with Gasteiger partial charge in [-0.2, -0.15) is 13.2 Å². The summed E-state index contributed by atoms with van der Waals surface area (Å²) in [6, 6.07) is 3.13. The smallest absolute Gasteiger partial charge is 0.475 e. The Labute approximate surface area is 187 Å². The maximum Gasteiger partial charge on any atom is 0.490 e. The summed E-state index contributed by atoms with van der Waals surface area (Å²) in [6.07, 6.45) is -0.272. The van der Waals surface area contributed by atoms with Crippen LogP contribution < -0.4 is 5.32 Å². The number of carbonyl (C=O) groups is 3. The first-order valence-electron chi connectivity index (χ1n) is 10.6. The average Bonchev–Trinajstić information content (AvgIpc) is 2.79. The molecule has 2 fully saturated rings. The van der Waals surface area contributed by atoms with Gasteiger partial charge < -0.3 is 20.2 Å². The lowest BCUT2D eigenvalue weighted by atomic mass is 9.93. The molecule has 0 radical (unpaired) electrons. The zero-order valence-electron chi connectivity index (χ0n) is 17.8. The van der Waals surface area contributed by atoms with E-state index in [1.165, 1.54) is 6.07 Å². The summed E-state index contributed by atoms with van der Waals surface area (Å²) in [5.41, 5.74) is 0.0857. The molecule has 7 nitrogen and oxygen atoms in total. The Hall–Kier alpha value is -2.76. The highest BCUT2D eigenvalue weighted by Crippen LogP contribution is 2.24. The maximum absolute atomic E-state index is 13.6. The Bertz CT molecular complexity index is 838. The van der Waals surface area contributed by atoms with Gasteiger partial charge in [-0.1, -0.05) is 19.3 Å². The summed E-state index contributed by atoms with van der Waals surface area (Å²) < 4.78 is 58.5. The van der Waals surface area contributed by atoms with E-state index in [1.54, 1.807) is 9.80 Å². The fourth-order valence-corrected chi connectivity index (χ4v) is 3.71. The van der Waals surface area contributed by atoms with Gasteiger partial charge in [0.2, 0.25) is 5.91 Å². The molecule has 1 aromatic rings. The number of carbonyl (C=O) groups excluding carboxylic acids is 2. The van der Waals surface area contributed by atoms with E-state index in [0.717, 1.165) is 57.3 Å². The predicted octanol–water partition coefficient (Wildman–Crippen LogP) is 2.80. The van der Waals surface area contributed by atoms with E-state index in [0.29, 0.717) is 13.1 Å². The number of aliphatic carboxylic acids is 1. The van der Waals surface area contributed by atoms with Crippen molar-refractivity contribution in [2.75, 3.05) is 32.7 Å². The van der Waals surface area contributed by atoms with Crippen molar-refractivity contribution in [3.05, 3.63) is 35.4 Å². The summed E-state index contributed by atoms with van der Waals surface area (Å²) in [4.78, 5) is 37.9. The molecule has 1 heterocycles. The molecule has 0 unspecified atom stereocenters. The van der Waals surface area contributed by atoms with E-state index in [2.05, 4.69) is 5.32 Å². The molecule has 1 saturated heterocycles. The van der Waals surface area contributed by atoms with Crippen LogP contribution >= 0.6 is 0 Å². The van der Waals surface area contributed by atoms with Crippen LogP contribution in [0, 0.1) is 11.6 Å². The molecule has 2 N–H and O–H groups in total. The standard InChI is InChI=1S/C19H25F2N3O2.C2HF3O2/c20-16-7-6-14(12-17(16)21)19(26)24(15-4-2-1-3-5-15)13-18(25)23-10-8-22-9-11-23;3-2(4,5)1(6)7/h6-7,12,15,22H,1-5,8-11,13H2;(H,6,7). The number of benzene rings is 1. The third kappa shape index (κ3) is 7.95. The first-order chi connectivity index (χ1) is 15.5. The highest BCUT2D eigenvalue weighted by atomic mass is 19.4. The Balaban J connectivity index is 0.000000479. The first-order valence-corrected chi connectivity index (χ1v) is 10.6. The summed E-state index contributed by atoms with van der Waals surface area (Å²) in [5.74, 6) is -5.28. The number of alkyl halides is 3. The number of carboxylic acids is 1. The third-order valence-corrected chi connectivity index (χ3v) is 5.46. The number of hydrogen-bond donors (Lipinski definition) is 2. The van der Waals surface area contributed by atoms with Crippen LogP contribution in [-0.4, -0.2) is 77.6 Å². The van der Waals surface area contributed by atoms with Crippen molar-refractivity contribution in [2.45, 2.75) is 44.3 Å². The fraction of sp³-hybridized carbons (Fsp3) is 0.571. The fourth-order valence-electron chi connectivity index (χ4n) is 3.71. The van der Waals surface area contributed by atoms with E-state index in [9.17, 15) is 31.5 Å². The van der Waals surface area contributed by atoms with Crippen molar-refractivity contribution >= 4 is 17.8 Å². The molecule has 184 valence electrons. The first kappa shape index (κ1) is 26.5. The second-order valence-corrected chi connectivity index (χ2v) is 7.79. The Morgan fingerprint density at radius 2 is 1.61 bits per heavy atom. The molecule has 33 heavy (non-hydrogen) atoms. The Morgan fingerprint density at radius 1 is 1.03 bits per heavy atom. The SMILES string of the molecule is O=C(CN(C(=O)c1ccc(F)c(F)c1)C1CCCCC1)N1CCNCC1.O=C(O)C(F)(F)F. The molecular formula is C21H26F5N3O4. The predicted molar refractivity (Wildman–Crippen MR) is 107 cm³/mol. The number of rotatable bonds is 4. The Kier molecular flexibility index (Phi) is 9.56. The van der Waals surface area contributed by atoms with Gasteiger partial charge >= 0.3 is 12.1 Å². The van der Waals surface area contributed by atoms with E-state index >= 15 is 0 Å². The number of halogens is 5. The summed E-state index contributed by atoms with van der Waals surface area (Å²) in [7, 11) is 0. The van der Waals surface area contributed by atoms with Crippen molar-refractivity contribution in [3.63, 3.8) is 0 Å². The van der Waals surface area contributed by atoms with Crippen molar-refractivity contribution in [1.29, 1.82) is 0 Å². The lowest BCUT2D eigenvalue weighted by Gasteiger charge is -2.36. The van der Waals surface area contributed by atoms with Gasteiger partial charge in [-0.25, -0.2) is 13.6 Å². The largest absolute Gasteiger partial charge is 0.490 e. The number of amides is 2. The van der Waals surface area contributed by atoms with E-state index in [1.807, 2.05) is 0 Å². The van der Waals surface area contributed by atoms with Crippen LogP contribution in [0.3, 0.4) is 0 Å². The van der Waals surface area contributed by atoms with Crippen molar-refractivity contribution < 1.29 is 41.4 Å². The van der Waals surface area contributed by atoms with Gasteiger partial charge in [0.25, 0.3) is 5.91 Å². The second kappa shape index (κ2) is 11.9. The molecule has 0 bridgehead atoms. The van der Waals surface area contributed by atoms with Crippen molar-refractivity contribution in [2.24, 2.45) is 0 Å². The van der Waals surface area contributed by atoms with Gasteiger partial charge in [0.05, 0.1) is 0 Å². The van der Waals surface area contributed by atoms with Gasteiger partial charge in [-0.3, -0.25) is 9.59 Å². The minimum atomic E-state index is -5.08. The van der Waals surface area contributed by atoms with Crippen LogP contribution in [0.4, 0.5) is 22.0 Å². The van der Waals surface area contributed by atoms with Gasteiger partial charge in [0.1, 0.15) is 6.54 Å². The van der Waals surface area contributed by atoms with Gasteiger partial charge in [0, 0.05) is 37.8 Å². The second-order valence-electron chi connectivity index (χ2n) is 7.79. The molecule has 0 spiro atoms. The molecule has 0 atom stereocenters.